The van der Waals surface area contributed by atoms with Gasteiger partial charge in [0.15, 0.2) is 0 Å². The number of anilines is 1. The maximum Gasteiger partial charge on any atom is 0.416 e. The van der Waals surface area contributed by atoms with Crippen LogP contribution in [0.25, 0.3) is 10.9 Å². The average Bonchev–Trinajstić information content (AvgIpc) is 3.01. The summed E-state index contributed by atoms with van der Waals surface area (Å²) in [4.78, 5) is 13.1. The van der Waals surface area contributed by atoms with Crippen molar-refractivity contribution < 1.29 is 40.3 Å². The fourth-order valence-corrected chi connectivity index (χ4v) is 3.88. The number of aromatic nitrogens is 1. The fourth-order valence-electron chi connectivity index (χ4n) is 3.88. The zero-order chi connectivity index (χ0) is 23.4. The number of hydrogen-bond donors (Lipinski definition) is 1. The number of nitrogens with zero attached hydrogens (tertiary/aromatic N) is 1. The number of ether oxygens (including phenoxy) is 1. The van der Waals surface area contributed by atoms with Gasteiger partial charge in [0.25, 0.3) is 0 Å². The standard InChI is InChI=1S/C21H15F7N2O2/c1-10-18-15(4-5-32-10)16-9-13(22)2-3-17(16)30(18)19(31)29-14-7-11(20(23,24)25)6-12(8-14)21(26,27)28/h2-3,6-10H,4-5H2,1H3,(H,29,31). The molecule has 1 unspecified atom stereocenters. The number of nitrogens with one attached hydrogen (secondary N) is 1. The normalized spacial score (nSPS) is 16.8. The summed E-state index contributed by atoms with van der Waals surface area (Å²) in [6, 6.07) is 3.48. The highest BCUT2D eigenvalue weighted by atomic mass is 19.4. The molecule has 0 radical (unpaired) electrons. The van der Waals surface area contributed by atoms with Crippen molar-refractivity contribution in [2.45, 2.75) is 31.8 Å². The van der Waals surface area contributed by atoms with E-state index in [4.69, 9.17) is 4.74 Å². The zero-order valence-corrected chi connectivity index (χ0v) is 16.4. The van der Waals surface area contributed by atoms with E-state index in [1.807, 2.05) is 0 Å². The SMILES string of the molecule is CC1OCCc2c1n(C(=O)Nc1cc(C(F)(F)F)cc(C(F)(F)F)c1)c1ccc(F)cc21. The van der Waals surface area contributed by atoms with Crippen LogP contribution in [0.3, 0.4) is 0 Å². The third kappa shape index (κ3) is 3.92. The van der Waals surface area contributed by atoms with Crippen molar-refractivity contribution in [3.05, 3.63) is 64.6 Å². The summed E-state index contributed by atoms with van der Waals surface area (Å²) in [7, 11) is 0. The van der Waals surface area contributed by atoms with Crippen molar-refractivity contribution in [3.63, 3.8) is 0 Å². The highest BCUT2D eigenvalue weighted by Crippen LogP contribution is 2.39. The molecule has 2 heterocycles. The molecule has 1 N–H and O–H groups in total. The largest absolute Gasteiger partial charge is 0.416 e. The van der Waals surface area contributed by atoms with Crippen molar-refractivity contribution in [1.29, 1.82) is 0 Å². The van der Waals surface area contributed by atoms with E-state index in [1.54, 1.807) is 6.92 Å². The molecule has 4 nitrogen and oxygen atoms in total. The smallest absolute Gasteiger partial charge is 0.372 e. The van der Waals surface area contributed by atoms with Crippen LogP contribution >= 0.6 is 0 Å². The maximum atomic E-state index is 13.8. The number of carbonyl (C=O) groups is 1. The summed E-state index contributed by atoms with van der Waals surface area (Å²) < 4.78 is 99.3. The number of rotatable bonds is 1. The minimum Gasteiger partial charge on any atom is -0.372 e. The zero-order valence-electron chi connectivity index (χ0n) is 16.4. The molecule has 0 aliphatic carbocycles. The number of benzene rings is 2. The quantitative estimate of drug-likeness (QED) is 0.420. The van der Waals surface area contributed by atoms with Crippen LogP contribution in [0, 0.1) is 5.82 Å². The Kier molecular flexibility index (Phi) is 5.19. The van der Waals surface area contributed by atoms with Crippen molar-refractivity contribution in [1.82, 2.24) is 4.57 Å². The maximum absolute atomic E-state index is 13.8. The molecule has 0 saturated heterocycles. The Morgan fingerprint density at radius 2 is 1.66 bits per heavy atom. The summed E-state index contributed by atoms with van der Waals surface area (Å²) in [5.41, 5.74) is -2.54. The van der Waals surface area contributed by atoms with Gasteiger partial charge in [-0.2, -0.15) is 26.3 Å². The van der Waals surface area contributed by atoms with Crippen LogP contribution in [0.1, 0.15) is 35.4 Å². The second-order valence-electron chi connectivity index (χ2n) is 7.35. The van der Waals surface area contributed by atoms with E-state index in [9.17, 15) is 35.5 Å². The monoisotopic (exact) mass is 460 g/mol. The number of amides is 1. The van der Waals surface area contributed by atoms with Crippen molar-refractivity contribution in [2.75, 3.05) is 11.9 Å². The van der Waals surface area contributed by atoms with Gasteiger partial charge in [0, 0.05) is 11.1 Å². The minimum absolute atomic E-state index is 0.0265. The first-order chi connectivity index (χ1) is 14.9. The molecule has 32 heavy (non-hydrogen) atoms. The fraction of sp³-hybridized carbons (Fsp3) is 0.286. The van der Waals surface area contributed by atoms with E-state index in [-0.39, 0.29) is 11.6 Å². The molecule has 4 rings (SSSR count). The number of fused-ring (bicyclic) bond motifs is 3. The van der Waals surface area contributed by atoms with Gasteiger partial charge in [-0.05, 0) is 55.3 Å². The average molecular weight is 460 g/mol. The predicted octanol–water partition coefficient (Wildman–Crippen LogP) is 6.53. The lowest BCUT2D eigenvalue weighted by Gasteiger charge is -2.23. The first-order valence-corrected chi connectivity index (χ1v) is 9.41. The molecule has 0 fully saturated rings. The van der Waals surface area contributed by atoms with Gasteiger partial charge in [0.2, 0.25) is 0 Å². The lowest BCUT2D eigenvalue weighted by atomic mass is 10.0. The summed E-state index contributed by atoms with van der Waals surface area (Å²) >= 11 is 0. The second-order valence-corrected chi connectivity index (χ2v) is 7.35. The minimum atomic E-state index is -5.06. The summed E-state index contributed by atoms with van der Waals surface area (Å²) in [5.74, 6) is -0.551. The van der Waals surface area contributed by atoms with Crippen LogP contribution in [-0.2, 0) is 23.5 Å². The lowest BCUT2D eigenvalue weighted by molar-refractivity contribution is -0.143. The Balaban J connectivity index is 1.83. The molecule has 2 aromatic carbocycles. The molecule has 3 aromatic rings. The molecule has 0 spiro atoms. The van der Waals surface area contributed by atoms with Crippen LogP contribution in [0.15, 0.2) is 36.4 Å². The van der Waals surface area contributed by atoms with E-state index in [2.05, 4.69) is 5.32 Å². The third-order valence-corrected chi connectivity index (χ3v) is 5.22. The first-order valence-electron chi connectivity index (χ1n) is 9.41. The Labute approximate surface area is 176 Å². The molecule has 11 heteroatoms. The van der Waals surface area contributed by atoms with Crippen LogP contribution in [-0.4, -0.2) is 17.2 Å². The summed E-state index contributed by atoms with van der Waals surface area (Å²) in [6.07, 6.45) is -10.4. The van der Waals surface area contributed by atoms with E-state index >= 15 is 0 Å². The number of carbonyl (C=O) groups excluding carboxylic acids is 1. The van der Waals surface area contributed by atoms with Crippen LogP contribution in [0.5, 0.6) is 0 Å². The highest BCUT2D eigenvalue weighted by molar-refractivity contribution is 6.01. The van der Waals surface area contributed by atoms with Gasteiger partial charge in [0.1, 0.15) is 5.82 Å². The Hall–Kier alpha value is -3.08. The summed E-state index contributed by atoms with van der Waals surface area (Å²) in [5, 5.41) is 2.54. The van der Waals surface area contributed by atoms with Crippen LogP contribution < -0.4 is 5.32 Å². The topological polar surface area (TPSA) is 43.3 Å². The van der Waals surface area contributed by atoms with Crippen LogP contribution in [0.4, 0.5) is 41.2 Å². The summed E-state index contributed by atoms with van der Waals surface area (Å²) in [6.45, 7) is 1.96. The molecule has 1 atom stereocenters. The van der Waals surface area contributed by atoms with Gasteiger partial charge in [-0.15, -0.1) is 0 Å². The van der Waals surface area contributed by atoms with Gasteiger partial charge < -0.3 is 10.1 Å². The molecule has 170 valence electrons. The van der Waals surface area contributed by atoms with E-state index in [0.717, 1.165) is 10.6 Å². The Bertz CT molecular complexity index is 1180. The number of alkyl halides is 6. The molecule has 0 bridgehead atoms. The molecule has 1 aliphatic rings. The van der Waals surface area contributed by atoms with Gasteiger partial charge in [-0.25, -0.2) is 9.18 Å². The molecule has 1 aliphatic heterocycles. The number of halogens is 7. The molecular weight excluding hydrogens is 445 g/mol. The van der Waals surface area contributed by atoms with E-state index in [0.29, 0.717) is 41.8 Å². The number of hydrogen-bond acceptors (Lipinski definition) is 2. The molecular formula is C21H15F7N2O2. The Morgan fingerprint density at radius 3 is 2.25 bits per heavy atom. The first kappa shape index (κ1) is 22.1. The van der Waals surface area contributed by atoms with E-state index < -0.39 is 47.1 Å². The Morgan fingerprint density at radius 1 is 1.03 bits per heavy atom. The van der Waals surface area contributed by atoms with Crippen LogP contribution in [0.2, 0.25) is 0 Å². The van der Waals surface area contributed by atoms with Crippen molar-refractivity contribution in [3.8, 4) is 0 Å². The second kappa shape index (κ2) is 7.51. The van der Waals surface area contributed by atoms with E-state index in [1.165, 1.54) is 12.1 Å². The van der Waals surface area contributed by atoms with Gasteiger partial charge in [0.05, 0.1) is 35.0 Å². The van der Waals surface area contributed by atoms with Gasteiger partial charge >= 0.3 is 18.4 Å². The highest BCUT2D eigenvalue weighted by Gasteiger charge is 2.37. The van der Waals surface area contributed by atoms with Crippen molar-refractivity contribution in [2.24, 2.45) is 0 Å². The van der Waals surface area contributed by atoms with Crippen molar-refractivity contribution >= 4 is 22.6 Å². The molecule has 0 saturated carbocycles. The van der Waals surface area contributed by atoms with Gasteiger partial charge in [-0.1, -0.05) is 0 Å². The molecule has 1 aromatic heterocycles. The molecule has 1 amide bonds. The lowest BCUT2D eigenvalue weighted by Crippen LogP contribution is -2.25. The third-order valence-electron chi connectivity index (χ3n) is 5.22. The predicted molar refractivity (Wildman–Crippen MR) is 101 cm³/mol. The van der Waals surface area contributed by atoms with Gasteiger partial charge in [-0.3, -0.25) is 4.57 Å².